The molecule has 0 atom stereocenters. The number of nitrogens with zero attached hydrogens (tertiary/aromatic N) is 2. The average molecular weight is 361 g/mol. The smallest absolute Gasteiger partial charge is 0.230 e. The number of hydrogen-bond acceptors (Lipinski definition) is 6. The van der Waals surface area contributed by atoms with Gasteiger partial charge in [0.05, 0.1) is 18.0 Å². The molecular weight excluding hydrogens is 337 g/mol. The quantitative estimate of drug-likeness (QED) is 0.644. The zero-order valence-electron chi connectivity index (χ0n) is 15.6. The van der Waals surface area contributed by atoms with Gasteiger partial charge in [0.25, 0.3) is 0 Å². The minimum absolute atomic E-state index is 0.0127. The summed E-state index contributed by atoms with van der Waals surface area (Å²) in [6, 6.07) is 7.03. The molecule has 0 spiro atoms. The number of anilines is 1. The molecule has 26 heavy (non-hydrogen) atoms. The van der Waals surface area contributed by atoms with Crippen LogP contribution in [0.3, 0.4) is 0 Å². The fourth-order valence-corrected chi connectivity index (χ4v) is 2.00. The number of phenolic OH excluding ortho intramolecular Hbond substituents is 1. The molecule has 3 N–H and O–H groups in total. The second kappa shape index (κ2) is 10.0. The fraction of sp³-hybridized carbons (Fsp3) is 0.263. The van der Waals surface area contributed by atoms with Crippen LogP contribution in [0, 0.1) is 5.82 Å². The van der Waals surface area contributed by atoms with Gasteiger partial charge in [0, 0.05) is 17.8 Å². The number of halogens is 1. The van der Waals surface area contributed by atoms with E-state index in [4.69, 9.17) is 15.2 Å². The summed E-state index contributed by atoms with van der Waals surface area (Å²) in [4.78, 5) is 8.04. The van der Waals surface area contributed by atoms with Gasteiger partial charge in [-0.2, -0.15) is 0 Å². The lowest BCUT2D eigenvalue weighted by molar-refractivity contribution is 0.374. The number of aromatic nitrogens is 2. The normalized spacial score (nSPS) is 9.46. The van der Waals surface area contributed by atoms with Gasteiger partial charge in [0.2, 0.25) is 5.88 Å². The summed E-state index contributed by atoms with van der Waals surface area (Å²) in [7, 11) is 1.42. The minimum atomic E-state index is -0.600. The van der Waals surface area contributed by atoms with Crippen LogP contribution < -0.4 is 15.2 Å². The summed E-state index contributed by atoms with van der Waals surface area (Å²) in [6.45, 7) is 8.00. The van der Waals surface area contributed by atoms with Crippen LogP contribution in [0.25, 0.3) is 10.9 Å². The van der Waals surface area contributed by atoms with Gasteiger partial charge in [-0.1, -0.05) is 27.7 Å². The van der Waals surface area contributed by atoms with Crippen molar-refractivity contribution in [2.45, 2.75) is 27.7 Å². The number of aromatic hydroxyl groups is 1. The Kier molecular flexibility index (Phi) is 8.08. The molecule has 7 heteroatoms. The largest absolute Gasteiger partial charge is 0.504 e. The molecule has 6 nitrogen and oxygen atoms in total. The van der Waals surface area contributed by atoms with Crippen LogP contribution in [0.5, 0.6) is 23.1 Å². The first-order valence-electron chi connectivity index (χ1n) is 8.33. The second-order valence-electron chi connectivity index (χ2n) is 4.51. The van der Waals surface area contributed by atoms with Crippen molar-refractivity contribution in [3.8, 4) is 23.1 Å². The van der Waals surface area contributed by atoms with Crippen molar-refractivity contribution in [2.24, 2.45) is 0 Å². The van der Waals surface area contributed by atoms with Gasteiger partial charge in [-0.05, 0) is 18.2 Å². The summed E-state index contributed by atoms with van der Waals surface area (Å²) in [6.07, 6.45) is 1.26. The van der Waals surface area contributed by atoms with Crippen molar-refractivity contribution in [1.82, 2.24) is 9.97 Å². The Bertz CT molecular complexity index is 857. The number of benzene rings is 2. The van der Waals surface area contributed by atoms with Crippen molar-refractivity contribution in [3.63, 3.8) is 0 Å². The third kappa shape index (κ3) is 4.72. The van der Waals surface area contributed by atoms with Gasteiger partial charge in [-0.3, -0.25) is 0 Å². The predicted octanol–water partition coefficient (Wildman–Crippen LogP) is 4.91. The molecular formula is C19H24FN3O3. The third-order valence-electron chi connectivity index (χ3n) is 3.06. The Balaban J connectivity index is 0.000000791. The summed E-state index contributed by atoms with van der Waals surface area (Å²) < 4.78 is 24.4. The zero-order valence-corrected chi connectivity index (χ0v) is 15.6. The average Bonchev–Trinajstić information content (AvgIpc) is 2.67. The fourth-order valence-electron chi connectivity index (χ4n) is 2.00. The van der Waals surface area contributed by atoms with Crippen LogP contribution in [0.15, 0.2) is 36.7 Å². The Hall–Kier alpha value is -3.09. The molecule has 0 unspecified atom stereocenters. The van der Waals surface area contributed by atoms with Crippen LogP contribution in [-0.4, -0.2) is 22.2 Å². The van der Waals surface area contributed by atoms with E-state index in [0.717, 1.165) is 6.07 Å². The summed E-state index contributed by atoms with van der Waals surface area (Å²) in [5, 5.41) is 10.2. The summed E-state index contributed by atoms with van der Waals surface area (Å²) >= 11 is 0. The number of fused-ring (bicyclic) bond motifs is 1. The monoisotopic (exact) mass is 361 g/mol. The standard InChI is InChI=1S/C15H12FN3O3.2C2H6/c1-21-14-5-9-11(6-12(14)20)18-7-19-15(9)22-13-3-2-8(17)4-10(13)16;2*1-2/h2-7,20H,17H2,1H3;2*1-2H3. The number of nitrogen functional groups attached to an aromatic ring is 1. The van der Waals surface area contributed by atoms with Crippen LogP contribution in [-0.2, 0) is 0 Å². The number of ether oxygens (including phenoxy) is 2. The Morgan fingerprint density at radius 2 is 1.69 bits per heavy atom. The number of hydrogen-bond donors (Lipinski definition) is 2. The molecule has 1 heterocycles. The lowest BCUT2D eigenvalue weighted by Crippen LogP contribution is -1.95. The van der Waals surface area contributed by atoms with Gasteiger partial charge in [-0.15, -0.1) is 0 Å². The van der Waals surface area contributed by atoms with Crippen LogP contribution in [0.1, 0.15) is 27.7 Å². The number of methoxy groups -OCH3 is 1. The first-order chi connectivity index (χ1) is 12.6. The molecule has 2 aromatic carbocycles. The first kappa shape index (κ1) is 21.0. The van der Waals surface area contributed by atoms with E-state index in [1.54, 1.807) is 0 Å². The maximum atomic E-state index is 13.8. The highest BCUT2D eigenvalue weighted by molar-refractivity contribution is 5.86. The van der Waals surface area contributed by atoms with E-state index in [9.17, 15) is 9.50 Å². The lowest BCUT2D eigenvalue weighted by Gasteiger charge is -2.10. The Morgan fingerprint density at radius 3 is 2.31 bits per heavy atom. The van der Waals surface area contributed by atoms with Crippen molar-refractivity contribution in [3.05, 3.63) is 42.5 Å². The first-order valence-corrected chi connectivity index (χ1v) is 8.33. The highest BCUT2D eigenvalue weighted by Crippen LogP contribution is 2.35. The molecule has 3 rings (SSSR count). The van der Waals surface area contributed by atoms with Crippen LogP contribution in [0.4, 0.5) is 10.1 Å². The molecule has 0 bridgehead atoms. The number of nitrogens with two attached hydrogens (primary N) is 1. The maximum absolute atomic E-state index is 13.8. The van der Waals surface area contributed by atoms with Crippen molar-refractivity contribution in [2.75, 3.05) is 12.8 Å². The molecule has 0 radical (unpaired) electrons. The van der Waals surface area contributed by atoms with Gasteiger partial charge in [0.1, 0.15) is 6.33 Å². The zero-order chi connectivity index (χ0) is 19.7. The van der Waals surface area contributed by atoms with Gasteiger partial charge >= 0.3 is 0 Å². The van der Waals surface area contributed by atoms with Crippen molar-refractivity contribution >= 4 is 16.6 Å². The second-order valence-corrected chi connectivity index (χ2v) is 4.51. The van der Waals surface area contributed by atoms with E-state index in [2.05, 4.69) is 9.97 Å². The van der Waals surface area contributed by atoms with Crippen LogP contribution in [0.2, 0.25) is 0 Å². The Labute approximate surface area is 152 Å². The van der Waals surface area contributed by atoms with E-state index in [1.807, 2.05) is 27.7 Å². The SMILES string of the molecule is CC.CC.COc1cc2c(Oc3ccc(N)cc3F)ncnc2cc1O. The van der Waals surface area contributed by atoms with Crippen LogP contribution >= 0.6 is 0 Å². The molecule has 0 fully saturated rings. The molecule has 0 amide bonds. The molecule has 0 aliphatic rings. The van der Waals surface area contributed by atoms with Gasteiger partial charge < -0.3 is 20.3 Å². The van der Waals surface area contributed by atoms with Crippen molar-refractivity contribution in [1.29, 1.82) is 0 Å². The van der Waals surface area contributed by atoms with Crippen molar-refractivity contribution < 1.29 is 19.0 Å². The maximum Gasteiger partial charge on any atom is 0.230 e. The topological polar surface area (TPSA) is 90.5 Å². The van der Waals surface area contributed by atoms with Gasteiger partial charge in [0.15, 0.2) is 23.1 Å². The van der Waals surface area contributed by atoms with E-state index in [1.165, 1.54) is 37.7 Å². The molecule has 0 saturated heterocycles. The molecule has 1 aromatic heterocycles. The van der Waals surface area contributed by atoms with E-state index >= 15 is 0 Å². The molecule has 0 aliphatic carbocycles. The molecule has 0 saturated carbocycles. The molecule has 0 aliphatic heterocycles. The number of phenols is 1. The molecule has 140 valence electrons. The minimum Gasteiger partial charge on any atom is -0.504 e. The van der Waals surface area contributed by atoms with E-state index in [-0.39, 0.29) is 23.1 Å². The molecule has 3 aromatic rings. The van der Waals surface area contributed by atoms with Gasteiger partial charge in [-0.25, -0.2) is 14.4 Å². The summed E-state index contributed by atoms with van der Waals surface area (Å²) in [5.74, 6) is -0.283. The third-order valence-corrected chi connectivity index (χ3v) is 3.06. The lowest BCUT2D eigenvalue weighted by atomic mass is 10.2. The van der Waals surface area contributed by atoms with E-state index in [0.29, 0.717) is 16.6 Å². The summed E-state index contributed by atoms with van der Waals surface area (Å²) in [5.41, 5.74) is 6.24. The predicted molar refractivity (Wildman–Crippen MR) is 101 cm³/mol. The Morgan fingerprint density at radius 1 is 1.00 bits per heavy atom. The van der Waals surface area contributed by atoms with E-state index < -0.39 is 5.82 Å². The number of rotatable bonds is 3. The highest BCUT2D eigenvalue weighted by Gasteiger charge is 2.13. The highest BCUT2D eigenvalue weighted by atomic mass is 19.1.